The minimum atomic E-state index is -0.314. The van der Waals surface area contributed by atoms with Crippen molar-refractivity contribution in [2.75, 3.05) is 19.6 Å². The van der Waals surface area contributed by atoms with Gasteiger partial charge in [-0.1, -0.05) is 63.9 Å². The molecule has 21 heavy (non-hydrogen) atoms. The number of carbonyl (C=O) groups excluding carboxylic acids is 1. The van der Waals surface area contributed by atoms with E-state index in [4.69, 9.17) is 0 Å². The second-order valence-corrected chi connectivity index (χ2v) is 5.94. The van der Waals surface area contributed by atoms with Crippen molar-refractivity contribution in [1.82, 2.24) is 4.90 Å². The zero-order valence-electron chi connectivity index (χ0n) is 14.4. The number of hydrogen-bond donors (Lipinski definition) is 0. The van der Waals surface area contributed by atoms with E-state index >= 15 is 0 Å². The van der Waals surface area contributed by atoms with Gasteiger partial charge in [-0.2, -0.15) is 0 Å². The molecular weight excluding hydrogens is 258 g/mol. The van der Waals surface area contributed by atoms with Crippen LogP contribution >= 0.6 is 0 Å². The first-order valence-electron chi connectivity index (χ1n) is 8.36. The van der Waals surface area contributed by atoms with Gasteiger partial charge >= 0.3 is 0 Å². The molecule has 0 saturated heterocycles. The van der Waals surface area contributed by atoms with Gasteiger partial charge in [-0.3, -0.25) is 9.69 Å². The Balaban J connectivity index is 3.13. The standard InChI is InChI=1S/C19H31NO/c1-6-14-19(7-2,17-12-10-16(5)11-13-17)18(21)15-20(8-3)9-4/h10-13H,6-9,14-15H2,1-5H3. The minimum absolute atomic E-state index is 0.314. The Labute approximate surface area is 130 Å². The number of hydrogen-bond acceptors (Lipinski definition) is 2. The highest BCUT2D eigenvalue weighted by atomic mass is 16.1. The number of aryl methyl sites for hydroxylation is 1. The molecule has 1 aromatic rings. The monoisotopic (exact) mass is 289 g/mol. The van der Waals surface area contributed by atoms with Gasteiger partial charge in [0.05, 0.1) is 12.0 Å². The molecule has 0 amide bonds. The Morgan fingerprint density at radius 3 is 2.05 bits per heavy atom. The Bertz CT molecular complexity index is 433. The molecule has 118 valence electrons. The van der Waals surface area contributed by atoms with Crippen molar-refractivity contribution in [2.24, 2.45) is 0 Å². The van der Waals surface area contributed by atoms with Crippen molar-refractivity contribution in [2.45, 2.75) is 59.3 Å². The van der Waals surface area contributed by atoms with Gasteiger partial charge in [-0.25, -0.2) is 0 Å². The average Bonchev–Trinajstić information content (AvgIpc) is 2.51. The smallest absolute Gasteiger partial charge is 0.157 e. The maximum absolute atomic E-state index is 13.1. The van der Waals surface area contributed by atoms with Gasteiger partial charge in [-0.15, -0.1) is 0 Å². The van der Waals surface area contributed by atoms with Crippen molar-refractivity contribution in [3.05, 3.63) is 35.4 Å². The number of carbonyl (C=O) groups is 1. The van der Waals surface area contributed by atoms with Gasteiger partial charge < -0.3 is 0 Å². The maximum Gasteiger partial charge on any atom is 0.157 e. The predicted molar refractivity (Wildman–Crippen MR) is 90.9 cm³/mol. The van der Waals surface area contributed by atoms with E-state index in [9.17, 15) is 4.79 Å². The Morgan fingerprint density at radius 1 is 1.05 bits per heavy atom. The molecule has 1 aromatic carbocycles. The lowest BCUT2D eigenvalue weighted by atomic mass is 9.71. The summed E-state index contributed by atoms with van der Waals surface area (Å²) in [4.78, 5) is 15.3. The van der Waals surface area contributed by atoms with E-state index in [2.05, 4.69) is 63.8 Å². The van der Waals surface area contributed by atoms with Gasteiger partial charge in [0.1, 0.15) is 0 Å². The van der Waals surface area contributed by atoms with Crippen LogP contribution in [0.1, 0.15) is 58.1 Å². The summed E-state index contributed by atoms with van der Waals surface area (Å²) in [6.07, 6.45) is 2.85. The highest BCUT2D eigenvalue weighted by Gasteiger charge is 2.37. The van der Waals surface area contributed by atoms with Crippen molar-refractivity contribution >= 4 is 5.78 Å². The molecular formula is C19H31NO. The summed E-state index contributed by atoms with van der Waals surface area (Å²) < 4.78 is 0. The Morgan fingerprint density at radius 2 is 1.62 bits per heavy atom. The van der Waals surface area contributed by atoms with Crippen LogP contribution < -0.4 is 0 Å². The number of nitrogens with zero attached hydrogens (tertiary/aromatic N) is 1. The van der Waals surface area contributed by atoms with E-state index in [0.29, 0.717) is 12.3 Å². The van der Waals surface area contributed by atoms with Gasteiger partial charge in [0.2, 0.25) is 0 Å². The summed E-state index contributed by atoms with van der Waals surface area (Å²) in [6.45, 7) is 13.1. The largest absolute Gasteiger partial charge is 0.297 e. The summed E-state index contributed by atoms with van der Waals surface area (Å²) in [7, 11) is 0. The Kier molecular flexibility index (Phi) is 7.10. The molecule has 2 nitrogen and oxygen atoms in total. The molecule has 0 N–H and O–H groups in total. The fourth-order valence-corrected chi connectivity index (χ4v) is 3.12. The quantitative estimate of drug-likeness (QED) is 0.673. The van der Waals surface area contributed by atoms with Crippen LogP contribution in [-0.2, 0) is 10.2 Å². The minimum Gasteiger partial charge on any atom is -0.297 e. The van der Waals surface area contributed by atoms with E-state index < -0.39 is 0 Å². The lowest BCUT2D eigenvalue weighted by molar-refractivity contribution is -0.126. The third kappa shape index (κ3) is 4.16. The van der Waals surface area contributed by atoms with Crippen LogP contribution in [0.15, 0.2) is 24.3 Å². The second-order valence-electron chi connectivity index (χ2n) is 5.94. The van der Waals surface area contributed by atoms with E-state index in [1.54, 1.807) is 0 Å². The van der Waals surface area contributed by atoms with Crippen LogP contribution in [0, 0.1) is 6.92 Å². The van der Waals surface area contributed by atoms with Gasteiger partial charge in [0, 0.05) is 0 Å². The average molecular weight is 289 g/mol. The highest BCUT2D eigenvalue weighted by Crippen LogP contribution is 2.34. The number of rotatable bonds is 9. The number of benzene rings is 1. The summed E-state index contributed by atoms with van der Waals surface area (Å²) in [6, 6.07) is 8.55. The fourth-order valence-electron chi connectivity index (χ4n) is 3.12. The SMILES string of the molecule is CCCC(CC)(C(=O)CN(CC)CC)c1ccc(C)cc1. The molecule has 0 spiro atoms. The molecule has 0 bridgehead atoms. The van der Waals surface area contributed by atoms with Crippen molar-refractivity contribution in [1.29, 1.82) is 0 Å². The fraction of sp³-hybridized carbons (Fsp3) is 0.632. The molecule has 0 fully saturated rings. The first kappa shape index (κ1) is 17.9. The zero-order chi connectivity index (χ0) is 15.9. The van der Waals surface area contributed by atoms with Crippen molar-refractivity contribution in [3.63, 3.8) is 0 Å². The molecule has 0 heterocycles. The second kappa shape index (κ2) is 8.33. The number of Topliss-reactive ketones (excluding diaryl/α,β-unsaturated/α-hetero) is 1. The van der Waals surface area contributed by atoms with Crippen LogP contribution in [0.4, 0.5) is 0 Å². The molecule has 0 radical (unpaired) electrons. The van der Waals surface area contributed by atoms with Gasteiger partial charge in [-0.05, 0) is 38.4 Å². The zero-order valence-corrected chi connectivity index (χ0v) is 14.4. The summed E-state index contributed by atoms with van der Waals surface area (Å²) in [5.74, 6) is 0.374. The van der Waals surface area contributed by atoms with Crippen LogP contribution in [0.3, 0.4) is 0 Å². The highest BCUT2D eigenvalue weighted by molar-refractivity contribution is 5.91. The molecule has 0 aliphatic carbocycles. The Hall–Kier alpha value is -1.15. The molecule has 0 aliphatic rings. The third-order valence-electron chi connectivity index (χ3n) is 4.68. The summed E-state index contributed by atoms with van der Waals surface area (Å²) in [5.41, 5.74) is 2.12. The van der Waals surface area contributed by atoms with E-state index in [0.717, 1.165) is 32.4 Å². The van der Waals surface area contributed by atoms with Crippen LogP contribution in [-0.4, -0.2) is 30.3 Å². The first-order valence-corrected chi connectivity index (χ1v) is 8.36. The molecule has 1 rings (SSSR count). The number of likely N-dealkylation sites (N-methyl/N-ethyl adjacent to an activating group) is 1. The molecule has 1 unspecified atom stereocenters. The third-order valence-corrected chi connectivity index (χ3v) is 4.68. The number of ketones is 1. The van der Waals surface area contributed by atoms with Crippen molar-refractivity contribution in [3.8, 4) is 0 Å². The lowest BCUT2D eigenvalue weighted by Gasteiger charge is -2.34. The van der Waals surface area contributed by atoms with Crippen molar-refractivity contribution < 1.29 is 4.79 Å². The lowest BCUT2D eigenvalue weighted by Crippen LogP contribution is -2.43. The van der Waals surface area contributed by atoms with Gasteiger partial charge in [0.15, 0.2) is 5.78 Å². The predicted octanol–water partition coefficient (Wildman–Crippen LogP) is 4.35. The first-order chi connectivity index (χ1) is 10.0. The summed E-state index contributed by atoms with van der Waals surface area (Å²) >= 11 is 0. The van der Waals surface area contributed by atoms with E-state index in [1.807, 2.05) is 0 Å². The molecule has 0 aliphatic heterocycles. The molecule has 0 saturated carbocycles. The molecule has 2 heteroatoms. The normalized spacial score (nSPS) is 14.2. The van der Waals surface area contributed by atoms with Crippen LogP contribution in [0.25, 0.3) is 0 Å². The van der Waals surface area contributed by atoms with E-state index in [-0.39, 0.29) is 5.41 Å². The maximum atomic E-state index is 13.1. The molecule has 0 aromatic heterocycles. The summed E-state index contributed by atoms with van der Waals surface area (Å²) in [5, 5.41) is 0. The van der Waals surface area contributed by atoms with Crippen LogP contribution in [0.2, 0.25) is 0 Å². The van der Waals surface area contributed by atoms with Crippen LogP contribution in [0.5, 0.6) is 0 Å². The van der Waals surface area contributed by atoms with Gasteiger partial charge in [0.25, 0.3) is 0 Å². The molecule has 1 atom stereocenters. The van der Waals surface area contributed by atoms with E-state index in [1.165, 1.54) is 11.1 Å². The topological polar surface area (TPSA) is 20.3 Å².